The summed E-state index contributed by atoms with van der Waals surface area (Å²) in [5.74, 6) is -1.60. The van der Waals surface area contributed by atoms with Gasteiger partial charge in [0.1, 0.15) is 11.3 Å². The van der Waals surface area contributed by atoms with Gasteiger partial charge in [-0.3, -0.25) is 9.69 Å². The van der Waals surface area contributed by atoms with Crippen molar-refractivity contribution < 1.29 is 22.7 Å². The van der Waals surface area contributed by atoms with Gasteiger partial charge in [-0.15, -0.1) is 0 Å². The molecule has 0 unspecified atom stereocenters. The molecular formula is C23H23ClF3NO3. The second kappa shape index (κ2) is 9.32. The van der Waals surface area contributed by atoms with Crippen LogP contribution in [0.5, 0.6) is 5.75 Å². The zero-order valence-electron chi connectivity index (χ0n) is 17.2. The molecule has 0 saturated carbocycles. The number of alkyl halides is 3. The topological polar surface area (TPSA) is 53.7 Å². The minimum atomic E-state index is -4.91. The molecule has 0 aliphatic carbocycles. The van der Waals surface area contributed by atoms with Gasteiger partial charge in [-0.1, -0.05) is 44.0 Å². The standard InChI is InChI=1S/C23H23ClF3NO3/c1-3-5-12-28(4-2)13-17-18(29)11-10-16-20(30)19(14-6-8-15(24)9-7-14)22(23(25,26)27)31-21(16)17/h6-11,29H,3-5,12-13H2,1-2H3. The molecule has 0 atom stereocenters. The molecule has 166 valence electrons. The lowest BCUT2D eigenvalue weighted by molar-refractivity contribution is -0.152. The molecule has 1 aromatic heterocycles. The van der Waals surface area contributed by atoms with E-state index in [0.717, 1.165) is 12.8 Å². The van der Waals surface area contributed by atoms with Crippen LogP contribution in [0.3, 0.4) is 0 Å². The summed E-state index contributed by atoms with van der Waals surface area (Å²) in [5, 5.41) is 10.7. The average molecular weight is 454 g/mol. The molecule has 0 radical (unpaired) electrons. The highest BCUT2D eigenvalue weighted by Gasteiger charge is 2.39. The lowest BCUT2D eigenvalue weighted by Gasteiger charge is -2.22. The molecule has 8 heteroatoms. The van der Waals surface area contributed by atoms with Crippen LogP contribution in [-0.4, -0.2) is 23.1 Å². The molecule has 1 N–H and O–H groups in total. The highest BCUT2D eigenvalue weighted by molar-refractivity contribution is 6.30. The van der Waals surface area contributed by atoms with Crippen LogP contribution in [0.15, 0.2) is 45.6 Å². The number of phenolic OH excluding ortho intramolecular Hbond substituents is 1. The van der Waals surface area contributed by atoms with Crippen LogP contribution in [0.2, 0.25) is 5.02 Å². The Bertz CT molecular complexity index is 1120. The monoisotopic (exact) mass is 453 g/mol. The van der Waals surface area contributed by atoms with Crippen molar-refractivity contribution in [2.24, 2.45) is 0 Å². The molecular weight excluding hydrogens is 431 g/mol. The van der Waals surface area contributed by atoms with E-state index >= 15 is 0 Å². The Kier molecular flexibility index (Phi) is 6.96. The Morgan fingerprint density at radius 3 is 2.35 bits per heavy atom. The fraction of sp³-hybridized carbons (Fsp3) is 0.348. The maximum Gasteiger partial charge on any atom is 0.450 e. The van der Waals surface area contributed by atoms with Crippen molar-refractivity contribution in [3.63, 3.8) is 0 Å². The second-order valence-electron chi connectivity index (χ2n) is 7.30. The maximum atomic E-state index is 13.9. The molecule has 3 rings (SSSR count). The van der Waals surface area contributed by atoms with E-state index in [1.165, 1.54) is 36.4 Å². The minimum absolute atomic E-state index is 0.0164. The van der Waals surface area contributed by atoms with Gasteiger partial charge in [0.2, 0.25) is 11.2 Å². The van der Waals surface area contributed by atoms with Gasteiger partial charge in [0.25, 0.3) is 0 Å². The summed E-state index contributed by atoms with van der Waals surface area (Å²) < 4.78 is 47.1. The number of rotatable bonds is 7. The first-order valence-electron chi connectivity index (χ1n) is 10.0. The highest BCUT2D eigenvalue weighted by atomic mass is 35.5. The predicted molar refractivity (Wildman–Crippen MR) is 115 cm³/mol. The Morgan fingerprint density at radius 1 is 1.10 bits per heavy atom. The summed E-state index contributed by atoms with van der Waals surface area (Å²) in [6, 6.07) is 8.13. The van der Waals surface area contributed by atoms with E-state index in [9.17, 15) is 23.1 Å². The van der Waals surface area contributed by atoms with Gasteiger partial charge in [-0.25, -0.2) is 0 Å². The first-order valence-corrected chi connectivity index (χ1v) is 10.4. The number of fused-ring (bicyclic) bond motifs is 1. The first-order chi connectivity index (χ1) is 14.7. The maximum absolute atomic E-state index is 13.9. The van der Waals surface area contributed by atoms with Crippen LogP contribution in [0.1, 0.15) is 38.0 Å². The van der Waals surface area contributed by atoms with Crippen LogP contribution in [0.25, 0.3) is 22.1 Å². The van der Waals surface area contributed by atoms with E-state index in [4.69, 9.17) is 16.0 Å². The first kappa shape index (κ1) is 23.2. The number of nitrogens with zero attached hydrogens (tertiary/aromatic N) is 1. The summed E-state index contributed by atoms with van der Waals surface area (Å²) in [6.07, 6.45) is -3.05. The zero-order valence-corrected chi connectivity index (χ0v) is 18.0. The Labute approximate surface area is 182 Å². The number of hydrogen-bond acceptors (Lipinski definition) is 4. The second-order valence-corrected chi connectivity index (χ2v) is 7.74. The molecule has 0 spiro atoms. The Hall–Kier alpha value is -2.51. The molecule has 4 nitrogen and oxygen atoms in total. The number of hydrogen-bond donors (Lipinski definition) is 1. The van der Waals surface area contributed by atoms with Gasteiger partial charge in [-0.05, 0) is 49.3 Å². The molecule has 0 aliphatic heterocycles. The van der Waals surface area contributed by atoms with Gasteiger partial charge in [-0.2, -0.15) is 13.2 Å². The Balaban J connectivity index is 2.28. The third-order valence-corrected chi connectivity index (χ3v) is 5.44. The van der Waals surface area contributed by atoms with Crippen molar-refractivity contribution in [3.8, 4) is 16.9 Å². The summed E-state index contributed by atoms with van der Waals surface area (Å²) in [4.78, 5) is 15.2. The van der Waals surface area contributed by atoms with Crippen LogP contribution in [0, 0.1) is 0 Å². The average Bonchev–Trinajstić information content (AvgIpc) is 2.72. The van der Waals surface area contributed by atoms with E-state index in [1.54, 1.807) is 0 Å². The summed E-state index contributed by atoms with van der Waals surface area (Å²) in [6.45, 7) is 5.47. The largest absolute Gasteiger partial charge is 0.507 e. The van der Waals surface area contributed by atoms with Crippen molar-refractivity contribution in [1.82, 2.24) is 4.90 Å². The van der Waals surface area contributed by atoms with Gasteiger partial charge < -0.3 is 9.52 Å². The minimum Gasteiger partial charge on any atom is -0.507 e. The van der Waals surface area contributed by atoms with Gasteiger partial charge in [0.15, 0.2) is 0 Å². The van der Waals surface area contributed by atoms with E-state index in [1.807, 2.05) is 18.7 Å². The van der Waals surface area contributed by atoms with Crippen molar-refractivity contribution in [3.05, 3.63) is 63.0 Å². The lowest BCUT2D eigenvalue weighted by Crippen LogP contribution is -2.24. The van der Waals surface area contributed by atoms with Crippen molar-refractivity contribution in [1.29, 1.82) is 0 Å². The van der Waals surface area contributed by atoms with Crippen molar-refractivity contribution >= 4 is 22.6 Å². The smallest absolute Gasteiger partial charge is 0.450 e. The predicted octanol–water partition coefficient (Wildman–Crippen LogP) is 6.46. The number of unbranched alkanes of at least 4 members (excludes halogenated alkanes) is 1. The number of aromatic hydroxyl groups is 1. The number of halogens is 4. The molecule has 3 aromatic rings. The SMILES string of the molecule is CCCCN(CC)Cc1c(O)ccc2c(=O)c(-c3ccc(Cl)cc3)c(C(F)(F)F)oc12. The van der Waals surface area contributed by atoms with E-state index < -0.39 is 22.9 Å². The third kappa shape index (κ3) is 4.88. The summed E-state index contributed by atoms with van der Waals surface area (Å²) >= 11 is 5.84. The summed E-state index contributed by atoms with van der Waals surface area (Å²) in [5.41, 5.74) is -1.41. The van der Waals surface area contributed by atoms with Crippen molar-refractivity contribution in [2.75, 3.05) is 13.1 Å². The fourth-order valence-electron chi connectivity index (χ4n) is 3.49. The van der Waals surface area contributed by atoms with Crippen LogP contribution < -0.4 is 5.43 Å². The molecule has 31 heavy (non-hydrogen) atoms. The lowest BCUT2D eigenvalue weighted by atomic mass is 10.00. The molecule has 2 aromatic carbocycles. The van der Waals surface area contributed by atoms with E-state index in [0.29, 0.717) is 18.1 Å². The molecule has 0 fully saturated rings. The van der Waals surface area contributed by atoms with Gasteiger partial charge in [0.05, 0.1) is 16.5 Å². The van der Waals surface area contributed by atoms with Crippen LogP contribution in [0.4, 0.5) is 13.2 Å². The molecule has 0 bridgehead atoms. The number of phenols is 1. The molecule has 0 aliphatic rings. The van der Waals surface area contributed by atoms with E-state index in [-0.39, 0.29) is 34.4 Å². The third-order valence-electron chi connectivity index (χ3n) is 5.19. The molecule has 0 saturated heterocycles. The van der Waals surface area contributed by atoms with E-state index in [2.05, 4.69) is 0 Å². The van der Waals surface area contributed by atoms with Gasteiger partial charge >= 0.3 is 6.18 Å². The molecule has 1 heterocycles. The quantitative estimate of drug-likeness (QED) is 0.446. The zero-order chi connectivity index (χ0) is 22.8. The summed E-state index contributed by atoms with van der Waals surface area (Å²) in [7, 11) is 0. The van der Waals surface area contributed by atoms with Gasteiger partial charge in [0, 0.05) is 11.6 Å². The normalized spacial score (nSPS) is 12.1. The fourth-order valence-corrected chi connectivity index (χ4v) is 3.62. The van der Waals surface area contributed by atoms with Crippen molar-refractivity contribution in [2.45, 2.75) is 39.4 Å². The number of benzene rings is 2. The van der Waals surface area contributed by atoms with Crippen LogP contribution in [-0.2, 0) is 12.7 Å². The highest BCUT2D eigenvalue weighted by Crippen LogP contribution is 2.39. The Morgan fingerprint density at radius 2 is 1.77 bits per heavy atom. The molecule has 0 amide bonds. The van der Waals surface area contributed by atoms with Crippen LogP contribution >= 0.6 is 11.6 Å².